The fourth-order valence-electron chi connectivity index (χ4n) is 5.34. The summed E-state index contributed by atoms with van der Waals surface area (Å²) in [5.41, 5.74) is 0.291. The highest BCUT2D eigenvalue weighted by atomic mass is 32.1. The summed E-state index contributed by atoms with van der Waals surface area (Å²) in [6.45, 7) is 1.36. The van der Waals surface area contributed by atoms with Gasteiger partial charge in [0.1, 0.15) is 12.4 Å². The van der Waals surface area contributed by atoms with Crippen molar-refractivity contribution in [1.82, 2.24) is 9.47 Å². The molecule has 10 heteroatoms. The Morgan fingerprint density at radius 1 is 1.15 bits per heavy atom. The van der Waals surface area contributed by atoms with Gasteiger partial charge in [0.25, 0.3) is 0 Å². The number of aromatic nitrogens is 1. The number of ether oxygens (including phenoxy) is 1. The van der Waals surface area contributed by atoms with Crippen molar-refractivity contribution in [2.45, 2.75) is 62.8 Å². The van der Waals surface area contributed by atoms with E-state index in [1.165, 1.54) is 22.7 Å². The molecule has 206 valence electrons. The Kier molecular flexibility index (Phi) is 8.46. The molecule has 0 saturated heterocycles. The topological polar surface area (TPSA) is 102 Å². The van der Waals surface area contributed by atoms with Crippen molar-refractivity contribution in [3.8, 4) is 0 Å². The Bertz CT molecular complexity index is 1410. The van der Waals surface area contributed by atoms with Gasteiger partial charge < -0.3 is 24.0 Å². The Morgan fingerprint density at radius 2 is 1.85 bits per heavy atom. The molecule has 1 aliphatic carbocycles. The van der Waals surface area contributed by atoms with E-state index in [0.717, 1.165) is 56.0 Å². The Labute approximate surface area is 234 Å². The maximum Gasteiger partial charge on any atom is 0.419 e. The third-order valence-corrected chi connectivity index (χ3v) is 9.49. The molecule has 8 nitrogen and oxygen atoms in total. The van der Waals surface area contributed by atoms with Crippen LogP contribution in [0.15, 0.2) is 62.4 Å². The van der Waals surface area contributed by atoms with E-state index in [0.29, 0.717) is 34.3 Å². The molecular weight excluding hydrogens is 536 g/mol. The molecule has 1 N–H and O–H groups in total. The number of oxazole rings is 1. The molecule has 4 aromatic rings. The van der Waals surface area contributed by atoms with E-state index in [4.69, 9.17) is 9.15 Å². The van der Waals surface area contributed by atoms with E-state index in [9.17, 15) is 19.5 Å². The number of nitrogens with zero attached hydrogens (tertiary/aromatic N) is 2. The van der Waals surface area contributed by atoms with Crippen molar-refractivity contribution in [1.29, 1.82) is 0 Å². The van der Waals surface area contributed by atoms with Gasteiger partial charge in [-0.3, -0.25) is 4.57 Å². The fourth-order valence-corrected chi connectivity index (χ4v) is 7.05. The van der Waals surface area contributed by atoms with E-state index in [2.05, 4.69) is 11.9 Å². The molecule has 0 atom stereocenters. The molecule has 1 fully saturated rings. The number of carbonyl (C=O) groups is 2. The minimum absolute atomic E-state index is 0.228. The lowest BCUT2D eigenvalue weighted by atomic mass is 9.91. The van der Waals surface area contributed by atoms with Crippen molar-refractivity contribution in [3.05, 3.63) is 79.1 Å². The van der Waals surface area contributed by atoms with Gasteiger partial charge >= 0.3 is 11.7 Å². The highest BCUT2D eigenvalue weighted by Gasteiger charge is 2.45. The van der Waals surface area contributed by atoms with Gasteiger partial charge in [-0.1, -0.05) is 18.2 Å². The molecule has 1 saturated carbocycles. The third kappa shape index (κ3) is 5.79. The molecule has 1 aromatic carbocycles. The molecule has 0 bridgehead atoms. The number of carbonyl (C=O) groups excluding carboxylic acids is 2. The van der Waals surface area contributed by atoms with Gasteiger partial charge in [0.2, 0.25) is 5.60 Å². The minimum Gasteiger partial charge on any atom is -0.460 e. The van der Waals surface area contributed by atoms with Crippen LogP contribution in [0.4, 0.5) is 0 Å². The largest absolute Gasteiger partial charge is 0.460 e. The molecule has 3 heterocycles. The summed E-state index contributed by atoms with van der Waals surface area (Å²) in [6.07, 6.45) is 4.93. The summed E-state index contributed by atoms with van der Waals surface area (Å²) in [6, 6.07) is 13.0. The normalized spacial score (nSPS) is 18.0. The van der Waals surface area contributed by atoms with Crippen molar-refractivity contribution in [2.75, 3.05) is 13.6 Å². The Morgan fingerprint density at radius 3 is 2.46 bits per heavy atom. The number of rotatable bonds is 11. The van der Waals surface area contributed by atoms with Gasteiger partial charge in [-0.15, -0.1) is 22.7 Å². The average molecular weight is 569 g/mol. The van der Waals surface area contributed by atoms with E-state index in [1.54, 1.807) is 22.8 Å². The number of fused-ring (bicyclic) bond motifs is 1. The zero-order valence-corrected chi connectivity index (χ0v) is 23.4. The predicted molar refractivity (Wildman–Crippen MR) is 151 cm³/mol. The van der Waals surface area contributed by atoms with E-state index < -0.39 is 11.6 Å². The van der Waals surface area contributed by atoms with Crippen LogP contribution in [0, 0.1) is 0 Å². The highest BCUT2D eigenvalue weighted by molar-refractivity contribution is 7.12. The first-order valence-electron chi connectivity index (χ1n) is 13.2. The fraction of sp³-hybridized carbons (Fsp3) is 0.414. The summed E-state index contributed by atoms with van der Waals surface area (Å²) >= 11 is 2.68. The number of thiophene rings is 2. The molecule has 0 amide bonds. The van der Waals surface area contributed by atoms with Crippen LogP contribution in [0.3, 0.4) is 0 Å². The van der Waals surface area contributed by atoms with Crippen LogP contribution < -0.4 is 5.76 Å². The number of benzene rings is 1. The zero-order valence-electron chi connectivity index (χ0n) is 21.8. The van der Waals surface area contributed by atoms with E-state index >= 15 is 0 Å². The predicted octanol–water partition coefficient (Wildman–Crippen LogP) is 4.57. The summed E-state index contributed by atoms with van der Waals surface area (Å²) in [4.78, 5) is 39.8. The van der Waals surface area contributed by atoms with Crippen LogP contribution in [0.1, 0.15) is 47.4 Å². The highest BCUT2D eigenvalue weighted by Crippen LogP contribution is 2.38. The number of hydrogen-bond acceptors (Lipinski definition) is 9. The van der Waals surface area contributed by atoms with Gasteiger partial charge in [-0.25, -0.2) is 9.59 Å². The van der Waals surface area contributed by atoms with Crippen molar-refractivity contribution in [3.63, 3.8) is 0 Å². The van der Waals surface area contributed by atoms with Crippen LogP contribution in [0.25, 0.3) is 11.1 Å². The maximum absolute atomic E-state index is 13.3. The van der Waals surface area contributed by atoms with Crippen LogP contribution >= 0.6 is 22.7 Å². The first-order valence-corrected chi connectivity index (χ1v) is 14.9. The number of hydrogen-bond donors (Lipinski definition) is 1. The third-order valence-electron chi connectivity index (χ3n) is 7.54. The van der Waals surface area contributed by atoms with Gasteiger partial charge in [-0.2, -0.15) is 0 Å². The van der Waals surface area contributed by atoms with Crippen molar-refractivity contribution in [2.24, 2.45) is 0 Å². The minimum atomic E-state index is -1.78. The monoisotopic (exact) mass is 568 g/mol. The SMILES string of the molecule is CN(CCCn1c(=O)oc2cc(CC=O)ccc21)C1CCC(OC(=O)C(O)(c2cccs2)c2cccs2)CC1. The molecule has 3 aromatic heterocycles. The van der Waals surface area contributed by atoms with E-state index in [-0.39, 0.29) is 11.9 Å². The van der Waals surface area contributed by atoms with Crippen molar-refractivity contribution >= 4 is 46.0 Å². The Hall–Kier alpha value is -3.05. The first kappa shape index (κ1) is 27.5. The molecule has 1 aliphatic rings. The van der Waals surface area contributed by atoms with Gasteiger partial charge in [0.05, 0.1) is 15.3 Å². The summed E-state index contributed by atoms with van der Waals surface area (Å²) in [5.74, 6) is -0.997. The quantitative estimate of drug-likeness (QED) is 0.209. The average Bonchev–Trinajstić information content (AvgIpc) is 3.71. The molecule has 0 spiro atoms. The number of aryl methyl sites for hydroxylation is 1. The standard InChI is InChI=1S/C29H32N2O6S2/c1-30(14-4-15-31-23-12-7-20(13-16-32)19-24(23)37-28(31)34)21-8-10-22(11-9-21)36-27(33)29(35,25-5-2-17-38-25)26-6-3-18-39-26/h2-3,5-7,12,16-19,21-22,35H,4,8-11,13-15H2,1H3. The first-order chi connectivity index (χ1) is 18.9. The van der Waals surface area contributed by atoms with Crippen LogP contribution in [-0.2, 0) is 32.9 Å². The molecule has 39 heavy (non-hydrogen) atoms. The second-order valence-electron chi connectivity index (χ2n) is 10.0. The number of aliphatic hydroxyl groups is 1. The Balaban J connectivity index is 1.13. The van der Waals surface area contributed by atoms with Gasteiger partial charge in [0, 0.05) is 19.0 Å². The maximum atomic E-state index is 13.3. The van der Waals surface area contributed by atoms with Crippen LogP contribution in [0.2, 0.25) is 0 Å². The second-order valence-corrected chi connectivity index (χ2v) is 11.9. The van der Waals surface area contributed by atoms with E-state index in [1.807, 2.05) is 35.0 Å². The van der Waals surface area contributed by atoms with Crippen molar-refractivity contribution < 1.29 is 23.8 Å². The lowest BCUT2D eigenvalue weighted by Crippen LogP contribution is -2.42. The summed E-state index contributed by atoms with van der Waals surface area (Å²) in [5, 5.41) is 15.2. The summed E-state index contributed by atoms with van der Waals surface area (Å²) < 4.78 is 12.9. The van der Waals surface area contributed by atoms with Crippen LogP contribution in [0.5, 0.6) is 0 Å². The number of aldehydes is 1. The van der Waals surface area contributed by atoms with Gasteiger partial charge in [-0.05, 0) is 86.3 Å². The zero-order chi connectivity index (χ0) is 27.4. The molecule has 5 rings (SSSR count). The molecule has 0 unspecified atom stereocenters. The number of esters is 1. The van der Waals surface area contributed by atoms with Gasteiger partial charge in [0.15, 0.2) is 5.58 Å². The molecule has 0 radical (unpaired) electrons. The summed E-state index contributed by atoms with van der Waals surface area (Å²) in [7, 11) is 2.09. The second kappa shape index (κ2) is 12.0. The lowest BCUT2D eigenvalue weighted by Gasteiger charge is -2.35. The molecular formula is C29H32N2O6S2. The lowest BCUT2D eigenvalue weighted by molar-refractivity contribution is -0.169. The smallest absolute Gasteiger partial charge is 0.419 e. The molecule has 0 aliphatic heterocycles. The van der Waals surface area contributed by atoms with Crippen LogP contribution in [-0.4, -0.2) is 52.6 Å².